The van der Waals surface area contributed by atoms with Gasteiger partial charge in [-0.15, -0.1) is 0 Å². The molecule has 4 saturated carbocycles. The molecule has 4 nitrogen and oxygen atoms in total. The van der Waals surface area contributed by atoms with E-state index in [0.29, 0.717) is 11.7 Å². The van der Waals surface area contributed by atoms with Crippen LogP contribution in [0.25, 0.3) is 0 Å². The highest BCUT2D eigenvalue weighted by atomic mass is 32.1. The summed E-state index contributed by atoms with van der Waals surface area (Å²) in [5.41, 5.74) is 5.37. The molecule has 0 atom stereocenters. The SMILES string of the molecule is S=C(N/N=C\c1cccc(OCc2ccccc2)c1)NC12CC3CC(CC(C3)C1)C2. The van der Waals surface area contributed by atoms with Crippen LogP contribution in [0.4, 0.5) is 0 Å². The van der Waals surface area contributed by atoms with Crippen molar-refractivity contribution in [2.45, 2.75) is 50.7 Å². The van der Waals surface area contributed by atoms with Crippen LogP contribution < -0.4 is 15.5 Å². The van der Waals surface area contributed by atoms with Crippen molar-refractivity contribution in [1.29, 1.82) is 0 Å². The van der Waals surface area contributed by atoms with E-state index in [1.54, 1.807) is 6.21 Å². The van der Waals surface area contributed by atoms with Crippen LogP contribution in [0.15, 0.2) is 59.7 Å². The fourth-order valence-corrected chi connectivity index (χ4v) is 6.39. The summed E-state index contributed by atoms with van der Waals surface area (Å²) in [6, 6.07) is 18.1. The Balaban J connectivity index is 1.14. The average Bonchev–Trinajstić information content (AvgIpc) is 2.72. The molecule has 156 valence electrons. The molecule has 0 heterocycles. The van der Waals surface area contributed by atoms with Gasteiger partial charge in [0.25, 0.3) is 0 Å². The lowest BCUT2D eigenvalue weighted by Gasteiger charge is -2.57. The van der Waals surface area contributed by atoms with Gasteiger partial charge in [-0.1, -0.05) is 42.5 Å². The molecule has 0 spiro atoms. The smallest absolute Gasteiger partial charge is 0.187 e. The maximum atomic E-state index is 5.90. The third-order valence-corrected chi connectivity index (χ3v) is 7.10. The van der Waals surface area contributed by atoms with Gasteiger partial charge in [-0.25, -0.2) is 0 Å². The van der Waals surface area contributed by atoms with E-state index in [1.807, 2.05) is 42.5 Å². The Morgan fingerprint density at radius 1 is 1.00 bits per heavy atom. The van der Waals surface area contributed by atoms with E-state index in [2.05, 4.69) is 28.0 Å². The second-order valence-electron chi connectivity index (χ2n) is 9.37. The van der Waals surface area contributed by atoms with E-state index in [4.69, 9.17) is 17.0 Å². The molecule has 0 aliphatic heterocycles. The number of hydrogen-bond acceptors (Lipinski definition) is 3. The fraction of sp³-hybridized carbons (Fsp3) is 0.440. The molecule has 30 heavy (non-hydrogen) atoms. The summed E-state index contributed by atoms with van der Waals surface area (Å²) in [5.74, 6) is 3.52. The van der Waals surface area contributed by atoms with Gasteiger partial charge in [0.2, 0.25) is 0 Å². The number of thiocarbonyl (C=S) groups is 1. The summed E-state index contributed by atoms with van der Waals surface area (Å²) < 4.78 is 5.90. The van der Waals surface area contributed by atoms with Gasteiger partial charge < -0.3 is 10.1 Å². The molecule has 5 heteroatoms. The zero-order chi connectivity index (χ0) is 20.4. The third kappa shape index (κ3) is 4.51. The van der Waals surface area contributed by atoms with Gasteiger partial charge in [-0.05, 0) is 91.8 Å². The van der Waals surface area contributed by atoms with E-state index in [9.17, 15) is 0 Å². The molecule has 4 fully saturated rings. The van der Waals surface area contributed by atoms with Gasteiger partial charge >= 0.3 is 0 Å². The predicted octanol–water partition coefficient (Wildman–Crippen LogP) is 5.03. The van der Waals surface area contributed by atoms with Crippen LogP contribution in [0.3, 0.4) is 0 Å². The lowest BCUT2D eigenvalue weighted by Crippen LogP contribution is -2.61. The van der Waals surface area contributed by atoms with Crippen LogP contribution >= 0.6 is 12.2 Å². The number of ether oxygens (including phenoxy) is 1. The Labute approximate surface area is 184 Å². The first-order valence-corrected chi connectivity index (χ1v) is 11.4. The van der Waals surface area contributed by atoms with Crippen LogP contribution in [-0.2, 0) is 6.61 Å². The summed E-state index contributed by atoms with van der Waals surface area (Å²) in [4.78, 5) is 0. The molecule has 2 aromatic carbocycles. The molecule has 0 radical (unpaired) electrons. The Bertz CT molecular complexity index is 892. The number of nitrogens with zero attached hydrogens (tertiary/aromatic N) is 1. The number of hydrazone groups is 1. The Hall–Kier alpha value is -2.40. The van der Waals surface area contributed by atoms with E-state index in [-0.39, 0.29) is 5.54 Å². The summed E-state index contributed by atoms with van der Waals surface area (Å²) >= 11 is 5.57. The topological polar surface area (TPSA) is 45.7 Å². The van der Waals surface area contributed by atoms with Crippen molar-refractivity contribution in [2.24, 2.45) is 22.9 Å². The minimum atomic E-state index is 0.208. The van der Waals surface area contributed by atoms with Gasteiger partial charge in [-0.3, -0.25) is 5.43 Å². The first kappa shape index (κ1) is 19.6. The van der Waals surface area contributed by atoms with Crippen LogP contribution in [0.1, 0.15) is 49.7 Å². The molecule has 2 aromatic rings. The largest absolute Gasteiger partial charge is 0.489 e. The number of hydrogen-bond donors (Lipinski definition) is 2. The molecule has 6 rings (SSSR count). The van der Waals surface area contributed by atoms with Crippen LogP contribution in [0.5, 0.6) is 5.75 Å². The van der Waals surface area contributed by atoms with Gasteiger partial charge in [0, 0.05) is 5.54 Å². The number of benzene rings is 2. The van der Waals surface area contributed by atoms with Crippen molar-refractivity contribution in [3.63, 3.8) is 0 Å². The standard InChI is InChI=1S/C25H29N3OS/c30-24(27-25-13-20-9-21(14-25)11-22(10-20)15-25)28-26-16-19-7-4-8-23(12-19)29-17-18-5-2-1-3-6-18/h1-8,12,16,20-22H,9-11,13-15,17H2,(H2,27,28,30)/b26-16-. The zero-order valence-corrected chi connectivity index (χ0v) is 18.0. The van der Waals surface area contributed by atoms with E-state index in [1.165, 1.54) is 38.5 Å². The van der Waals surface area contributed by atoms with Crippen molar-refractivity contribution in [3.05, 3.63) is 65.7 Å². The first-order valence-electron chi connectivity index (χ1n) is 11.0. The quantitative estimate of drug-likeness (QED) is 0.391. The second kappa shape index (κ2) is 8.38. The molecule has 0 unspecified atom stereocenters. The molecule has 0 saturated heterocycles. The van der Waals surface area contributed by atoms with Gasteiger partial charge in [0.15, 0.2) is 5.11 Å². The maximum Gasteiger partial charge on any atom is 0.187 e. The van der Waals surface area contributed by atoms with Gasteiger partial charge in [0.1, 0.15) is 12.4 Å². The minimum absolute atomic E-state index is 0.208. The number of rotatable bonds is 6. The zero-order valence-electron chi connectivity index (χ0n) is 17.2. The lowest BCUT2D eigenvalue weighted by molar-refractivity contribution is -0.0101. The van der Waals surface area contributed by atoms with Crippen molar-refractivity contribution in [2.75, 3.05) is 0 Å². The van der Waals surface area contributed by atoms with Crippen molar-refractivity contribution < 1.29 is 4.74 Å². The Kier molecular flexibility index (Phi) is 5.47. The highest BCUT2D eigenvalue weighted by Crippen LogP contribution is 2.55. The molecule has 0 amide bonds. The van der Waals surface area contributed by atoms with Gasteiger partial charge in [0.05, 0.1) is 6.21 Å². The molecule has 0 aromatic heterocycles. The van der Waals surface area contributed by atoms with E-state index >= 15 is 0 Å². The fourth-order valence-electron chi connectivity index (χ4n) is 6.12. The molecule has 4 bridgehead atoms. The van der Waals surface area contributed by atoms with Crippen molar-refractivity contribution in [1.82, 2.24) is 10.7 Å². The monoisotopic (exact) mass is 419 g/mol. The Morgan fingerprint density at radius 2 is 1.70 bits per heavy atom. The Morgan fingerprint density at radius 3 is 2.40 bits per heavy atom. The molecular formula is C25H29N3OS. The lowest BCUT2D eigenvalue weighted by atomic mass is 9.53. The highest BCUT2D eigenvalue weighted by Gasteiger charge is 2.51. The second-order valence-corrected chi connectivity index (χ2v) is 9.78. The van der Waals surface area contributed by atoms with Crippen LogP contribution in [0.2, 0.25) is 0 Å². The van der Waals surface area contributed by atoms with Crippen LogP contribution in [0, 0.1) is 17.8 Å². The van der Waals surface area contributed by atoms with E-state index in [0.717, 1.165) is 34.6 Å². The van der Waals surface area contributed by atoms with Crippen molar-refractivity contribution >= 4 is 23.5 Å². The number of nitrogens with one attached hydrogen (secondary N) is 2. The van der Waals surface area contributed by atoms with Gasteiger partial charge in [-0.2, -0.15) is 5.10 Å². The minimum Gasteiger partial charge on any atom is -0.489 e. The molecular weight excluding hydrogens is 390 g/mol. The molecule has 4 aliphatic rings. The normalized spacial score (nSPS) is 29.1. The summed E-state index contributed by atoms with van der Waals surface area (Å²) in [7, 11) is 0. The summed E-state index contributed by atoms with van der Waals surface area (Å²) in [5, 5.41) is 8.65. The summed E-state index contributed by atoms with van der Waals surface area (Å²) in [6.45, 7) is 0.554. The van der Waals surface area contributed by atoms with E-state index < -0.39 is 0 Å². The van der Waals surface area contributed by atoms with Crippen LogP contribution in [-0.4, -0.2) is 16.9 Å². The predicted molar refractivity (Wildman–Crippen MR) is 125 cm³/mol. The molecule has 2 N–H and O–H groups in total. The van der Waals surface area contributed by atoms with Crippen molar-refractivity contribution in [3.8, 4) is 5.75 Å². The maximum absolute atomic E-state index is 5.90. The summed E-state index contributed by atoms with van der Waals surface area (Å²) in [6.07, 6.45) is 9.90. The highest BCUT2D eigenvalue weighted by molar-refractivity contribution is 7.80. The average molecular weight is 420 g/mol. The molecule has 4 aliphatic carbocycles. The third-order valence-electron chi connectivity index (χ3n) is 6.90. The first-order chi connectivity index (χ1) is 14.7.